The SMILES string of the molecule is CN(C)[C@@H]1C(=O)C(C(N)=O)=C(O)[C@@]2(O)C(=O)C3=C(O)c4c(O)ccc(-c5ccc(NC(=O)C6CC6)cc5)c4C[C@@]3(C)C[C@@]12C. The average molecular weight is 602 g/mol. The van der Waals surface area contributed by atoms with E-state index >= 15 is 0 Å². The van der Waals surface area contributed by atoms with Gasteiger partial charge in [-0.2, -0.15) is 0 Å². The maximum Gasteiger partial charge on any atom is 0.255 e. The van der Waals surface area contributed by atoms with Crippen LogP contribution in [0.5, 0.6) is 5.75 Å². The fourth-order valence-electron chi connectivity index (χ4n) is 7.92. The largest absolute Gasteiger partial charge is 0.508 e. The number of fused-ring (bicyclic) bond motifs is 3. The number of anilines is 1. The molecule has 7 N–H and O–H groups in total. The van der Waals surface area contributed by atoms with Crippen LogP contribution in [0.15, 0.2) is 53.3 Å². The highest BCUT2D eigenvalue weighted by Crippen LogP contribution is 2.63. The van der Waals surface area contributed by atoms with E-state index in [1.165, 1.54) is 17.9 Å². The first-order valence-electron chi connectivity index (χ1n) is 14.5. The predicted molar refractivity (Wildman–Crippen MR) is 160 cm³/mol. The van der Waals surface area contributed by atoms with Gasteiger partial charge in [0.25, 0.3) is 5.91 Å². The lowest BCUT2D eigenvalue weighted by Gasteiger charge is -2.59. The molecule has 4 aliphatic rings. The van der Waals surface area contributed by atoms with Gasteiger partial charge in [0, 0.05) is 28.0 Å². The highest BCUT2D eigenvalue weighted by atomic mass is 16.3. The summed E-state index contributed by atoms with van der Waals surface area (Å²) >= 11 is 0. The van der Waals surface area contributed by atoms with Gasteiger partial charge >= 0.3 is 0 Å². The number of rotatable bonds is 5. The summed E-state index contributed by atoms with van der Waals surface area (Å²) in [5.74, 6) is -5.14. The number of aliphatic hydroxyl groups is 3. The fraction of sp³-hybridized carbons (Fsp3) is 0.394. The number of nitrogens with two attached hydrogens (primary N) is 1. The zero-order valence-corrected chi connectivity index (χ0v) is 24.9. The third-order valence-electron chi connectivity index (χ3n) is 9.93. The number of likely N-dealkylation sites (N-methyl/N-ethyl adjacent to an activating group) is 1. The maximum atomic E-state index is 14.4. The summed E-state index contributed by atoms with van der Waals surface area (Å²) in [6.07, 6.45) is 1.83. The van der Waals surface area contributed by atoms with Gasteiger partial charge in [-0.1, -0.05) is 32.0 Å². The molecule has 0 heterocycles. The molecule has 4 aliphatic carbocycles. The lowest BCUT2D eigenvalue weighted by atomic mass is 9.46. The Morgan fingerprint density at radius 2 is 1.64 bits per heavy atom. The summed E-state index contributed by atoms with van der Waals surface area (Å²) in [5.41, 5.74) is 1.36. The highest BCUT2D eigenvalue weighted by Gasteiger charge is 2.72. The van der Waals surface area contributed by atoms with Crippen LogP contribution < -0.4 is 11.1 Å². The second kappa shape index (κ2) is 9.51. The number of amides is 2. The Hall–Kier alpha value is -4.48. The molecule has 0 aromatic heterocycles. The van der Waals surface area contributed by atoms with E-state index in [2.05, 4.69) is 5.32 Å². The monoisotopic (exact) mass is 601 g/mol. The number of hydrogen-bond donors (Lipinski definition) is 6. The molecular formula is C33H35N3O8. The molecule has 44 heavy (non-hydrogen) atoms. The van der Waals surface area contributed by atoms with Crippen LogP contribution in [0.3, 0.4) is 0 Å². The highest BCUT2D eigenvalue weighted by molar-refractivity contribution is 6.25. The molecule has 0 bridgehead atoms. The van der Waals surface area contributed by atoms with Gasteiger partial charge in [0.05, 0.1) is 11.6 Å². The van der Waals surface area contributed by atoms with Crippen molar-refractivity contribution in [3.8, 4) is 16.9 Å². The number of benzene rings is 2. The molecule has 2 aromatic rings. The molecule has 0 radical (unpaired) electrons. The summed E-state index contributed by atoms with van der Waals surface area (Å²) in [5, 5.41) is 48.8. The number of nitrogens with zero attached hydrogens (tertiary/aromatic N) is 1. The molecule has 0 aliphatic heterocycles. The number of ketones is 2. The lowest BCUT2D eigenvalue weighted by molar-refractivity contribution is -0.176. The van der Waals surface area contributed by atoms with Crippen LogP contribution in [0.25, 0.3) is 16.9 Å². The molecule has 0 saturated heterocycles. The Kier molecular flexibility index (Phi) is 6.39. The minimum atomic E-state index is -2.77. The first-order valence-corrected chi connectivity index (χ1v) is 14.5. The number of carbonyl (C=O) groups is 4. The summed E-state index contributed by atoms with van der Waals surface area (Å²) in [6.45, 7) is 3.24. The molecule has 2 saturated carbocycles. The van der Waals surface area contributed by atoms with Crippen LogP contribution >= 0.6 is 0 Å². The minimum absolute atomic E-state index is 0.0104. The van der Waals surface area contributed by atoms with Crippen molar-refractivity contribution in [1.29, 1.82) is 0 Å². The van der Waals surface area contributed by atoms with Crippen LogP contribution in [0, 0.1) is 16.7 Å². The second-order valence-electron chi connectivity index (χ2n) is 13.2. The molecule has 11 heteroatoms. The van der Waals surface area contributed by atoms with E-state index < -0.39 is 57.0 Å². The van der Waals surface area contributed by atoms with Crippen molar-refractivity contribution in [2.45, 2.75) is 51.2 Å². The van der Waals surface area contributed by atoms with Gasteiger partial charge < -0.3 is 31.5 Å². The number of phenolic OH excluding ortho intramolecular Hbond substituents is 1. The van der Waals surface area contributed by atoms with Crippen molar-refractivity contribution in [3.63, 3.8) is 0 Å². The molecule has 230 valence electrons. The summed E-state index contributed by atoms with van der Waals surface area (Å²) < 4.78 is 0. The first-order chi connectivity index (χ1) is 20.6. The standard InChI is InChI=1S/C33H35N3O8/c1-31-13-19-18(15-7-9-17(10-8-15)35-30(43)16-5-6-16)11-12-20(37)21(19)24(38)23(31)28(41)33(44)27(40)22(29(34)42)25(39)26(36(3)4)32(33,2)14-31/h7-12,16,26,37-38,40,44H,5-6,13-14H2,1-4H3,(H2,34,42)(H,35,43)/t26-,31+,32+,33-/m1/s1. The topological polar surface area (TPSA) is 190 Å². The number of aliphatic hydroxyl groups excluding tert-OH is 2. The van der Waals surface area contributed by atoms with Gasteiger partial charge in [-0.3, -0.25) is 24.1 Å². The van der Waals surface area contributed by atoms with Crippen LogP contribution in [0.1, 0.15) is 44.2 Å². The number of phenols is 1. The molecule has 2 fully saturated rings. The smallest absolute Gasteiger partial charge is 0.255 e. The van der Waals surface area contributed by atoms with Gasteiger partial charge in [0.1, 0.15) is 22.8 Å². The van der Waals surface area contributed by atoms with Gasteiger partial charge in [0.15, 0.2) is 11.4 Å². The quantitative estimate of drug-likeness (QED) is 0.280. The van der Waals surface area contributed by atoms with E-state index in [-0.39, 0.29) is 41.6 Å². The number of nitrogens with one attached hydrogen (secondary N) is 1. The van der Waals surface area contributed by atoms with Gasteiger partial charge in [-0.05, 0) is 74.7 Å². The Balaban J connectivity index is 1.51. The number of Topliss-reactive ketones (excluding diaryl/α,β-unsaturated/α-hetero) is 2. The van der Waals surface area contributed by atoms with Crippen molar-refractivity contribution in [2.75, 3.05) is 19.4 Å². The van der Waals surface area contributed by atoms with E-state index in [1.807, 2.05) is 12.1 Å². The zero-order chi connectivity index (χ0) is 32.1. The number of carbonyl (C=O) groups excluding carboxylic acids is 4. The number of primary amides is 1. The van der Waals surface area contributed by atoms with Crippen LogP contribution in [-0.2, 0) is 25.6 Å². The van der Waals surface area contributed by atoms with Gasteiger partial charge in [-0.15, -0.1) is 0 Å². The van der Waals surface area contributed by atoms with Crippen LogP contribution in [0.4, 0.5) is 5.69 Å². The normalized spacial score (nSPS) is 29.7. The first kappa shape index (κ1) is 29.6. The molecule has 4 atom stereocenters. The van der Waals surface area contributed by atoms with Crippen LogP contribution in [-0.4, -0.2) is 74.4 Å². The molecular weight excluding hydrogens is 566 g/mol. The number of aromatic hydroxyl groups is 1. The van der Waals surface area contributed by atoms with Crippen molar-refractivity contribution in [1.82, 2.24) is 4.90 Å². The Morgan fingerprint density at radius 1 is 1.00 bits per heavy atom. The molecule has 2 amide bonds. The van der Waals surface area contributed by atoms with Crippen molar-refractivity contribution in [2.24, 2.45) is 22.5 Å². The third kappa shape index (κ3) is 3.88. The summed E-state index contributed by atoms with van der Waals surface area (Å²) in [4.78, 5) is 53.9. The molecule has 2 aromatic carbocycles. The molecule has 0 unspecified atom stereocenters. The zero-order valence-electron chi connectivity index (χ0n) is 24.9. The lowest BCUT2D eigenvalue weighted by Crippen LogP contribution is -2.72. The van der Waals surface area contributed by atoms with Crippen LogP contribution in [0.2, 0.25) is 0 Å². The molecule has 11 nitrogen and oxygen atoms in total. The summed E-state index contributed by atoms with van der Waals surface area (Å²) in [6, 6.07) is 9.05. The van der Waals surface area contributed by atoms with E-state index in [0.29, 0.717) is 16.8 Å². The van der Waals surface area contributed by atoms with Crippen molar-refractivity contribution in [3.05, 3.63) is 64.4 Å². The average Bonchev–Trinajstić information content (AvgIpc) is 3.77. The Morgan fingerprint density at radius 3 is 2.20 bits per heavy atom. The molecule has 6 rings (SSSR count). The third-order valence-corrected chi connectivity index (χ3v) is 9.93. The van der Waals surface area contributed by atoms with Crippen molar-refractivity contribution < 1.29 is 39.6 Å². The van der Waals surface area contributed by atoms with E-state index in [1.54, 1.807) is 39.2 Å². The van der Waals surface area contributed by atoms with Gasteiger partial charge in [0.2, 0.25) is 11.7 Å². The van der Waals surface area contributed by atoms with E-state index in [4.69, 9.17) is 5.73 Å². The Bertz CT molecular complexity index is 1740. The maximum absolute atomic E-state index is 14.4. The van der Waals surface area contributed by atoms with Gasteiger partial charge in [-0.25, -0.2) is 0 Å². The predicted octanol–water partition coefficient (Wildman–Crippen LogP) is 2.76. The number of hydrogen-bond acceptors (Lipinski definition) is 9. The minimum Gasteiger partial charge on any atom is -0.508 e. The fourth-order valence-corrected chi connectivity index (χ4v) is 7.92. The second-order valence-corrected chi connectivity index (χ2v) is 13.2. The van der Waals surface area contributed by atoms with Crippen molar-refractivity contribution >= 4 is 34.8 Å². The summed E-state index contributed by atoms with van der Waals surface area (Å²) in [7, 11) is 3.13. The molecule has 0 spiro atoms. The Labute approximate surface area is 253 Å². The van der Waals surface area contributed by atoms with E-state index in [0.717, 1.165) is 18.4 Å². The van der Waals surface area contributed by atoms with E-state index in [9.17, 15) is 39.6 Å².